The number of para-hydroxylation sites is 1. The van der Waals surface area contributed by atoms with Gasteiger partial charge in [0.15, 0.2) is 0 Å². The van der Waals surface area contributed by atoms with Crippen molar-refractivity contribution in [1.29, 1.82) is 0 Å². The predicted molar refractivity (Wildman–Crippen MR) is 76.1 cm³/mol. The lowest BCUT2D eigenvalue weighted by molar-refractivity contribution is -0.617. The van der Waals surface area contributed by atoms with E-state index in [1.165, 1.54) is 0 Å². The highest BCUT2D eigenvalue weighted by molar-refractivity contribution is 6.13. The van der Waals surface area contributed by atoms with E-state index in [4.69, 9.17) is 4.74 Å². The van der Waals surface area contributed by atoms with Gasteiger partial charge in [0, 0.05) is 12.1 Å². The Balaban J connectivity index is 2.68. The van der Waals surface area contributed by atoms with Crippen LogP contribution in [0.3, 0.4) is 0 Å². The molecule has 3 aromatic rings. The van der Waals surface area contributed by atoms with Crippen LogP contribution in [0.4, 0.5) is 0 Å². The lowest BCUT2D eigenvalue weighted by Gasteiger charge is -2.09. The van der Waals surface area contributed by atoms with Crippen LogP contribution in [0.1, 0.15) is 10.4 Å². The third-order valence-corrected chi connectivity index (χ3v) is 3.58. The molecule has 0 bridgehead atoms. The van der Waals surface area contributed by atoms with Crippen LogP contribution in [0, 0.1) is 0 Å². The fourth-order valence-electron chi connectivity index (χ4n) is 2.68. The van der Waals surface area contributed by atoms with E-state index in [0.717, 1.165) is 11.0 Å². The second kappa shape index (κ2) is 4.49. The predicted octanol–water partition coefficient (Wildman–Crippen LogP) is 2.52. The molecule has 0 fully saturated rings. The van der Waals surface area contributed by atoms with Gasteiger partial charge in [-0.05, 0) is 12.1 Å². The Bertz CT molecular complexity index is 840. The summed E-state index contributed by atoms with van der Waals surface area (Å²) in [7, 11) is 3.48. The second-order valence-electron chi connectivity index (χ2n) is 4.61. The summed E-state index contributed by atoms with van der Waals surface area (Å²) in [5.41, 5.74) is 2.00. The van der Waals surface area contributed by atoms with Crippen molar-refractivity contribution in [2.24, 2.45) is 7.05 Å². The lowest BCUT2D eigenvalue weighted by Crippen LogP contribution is -2.31. The maximum absolute atomic E-state index is 11.7. The molecule has 1 N–H and O–H groups in total. The van der Waals surface area contributed by atoms with E-state index < -0.39 is 5.97 Å². The van der Waals surface area contributed by atoms with Crippen LogP contribution in [0.25, 0.3) is 21.8 Å². The Morgan fingerprint density at radius 1 is 1.10 bits per heavy atom. The highest BCUT2D eigenvalue weighted by atomic mass is 16.5. The van der Waals surface area contributed by atoms with Crippen LogP contribution < -0.4 is 9.30 Å². The molecule has 0 saturated heterocycles. The molecule has 0 unspecified atom stereocenters. The molecule has 0 amide bonds. The molecule has 2 aromatic carbocycles. The Hall–Kier alpha value is -2.62. The summed E-state index contributed by atoms with van der Waals surface area (Å²) in [6.45, 7) is 0. The highest BCUT2D eigenvalue weighted by Gasteiger charge is 2.24. The number of rotatable bonds is 2. The summed E-state index contributed by atoms with van der Waals surface area (Å²) in [4.78, 5) is 11.7. The Morgan fingerprint density at radius 2 is 1.80 bits per heavy atom. The van der Waals surface area contributed by atoms with Crippen molar-refractivity contribution in [3.05, 3.63) is 48.0 Å². The van der Waals surface area contributed by atoms with Gasteiger partial charge in [-0.25, -0.2) is 4.79 Å². The number of carboxylic acid groups (broad SMARTS) is 1. The first-order valence-electron chi connectivity index (χ1n) is 6.26. The minimum atomic E-state index is -0.948. The fraction of sp³-hybridized carbons (Fsp3) is 0.125. The van der Waals surface area contributed by atoms with Gasteiger partial charge >= 0.3 is 5.97 Å². The quantitative estimate of drug-likeness (QED) is 0.574. The number of hydrogen-bond donors (Lipinski definition) is 1. The van der Waals surface area contributed by atoms with Crippen molar-refractivity contribution in [3.8, 4) is 5.75 Å². The zero-order valence-electron chi connectivity index (χ0n) is 11.3. The van der Waals surface area contributed by atoms with Crippen LogP contribution >= 0.6 is 0 Å². The van der Waals surface area contributed by atoms with Crippen LogP contribution in [-0.4, -0.2) is 18.2 Å². The number of carboxylic acids is 1. The van der Waals surface area contributed by atoms with E-state index in [9.17, 15) is 9.90 Å². The summed E-state index contributed by atoms with van der Waals surface area (Å²) in [6.07, 6.45) is 0. The van der Waals surface area contributed by atoms with Gasteiger partial charge < -0.3 is 9.84 Å². The number of benzene rings is 2. The van der Waals surface area contributed by atoms with Gasteiger partial charge in [-0.3, -0.25) is 0 Å². The number of aromatic carboxylic acids is 1. The molecular weight excluding hydrogens is 254 g/mol. The van der Waals surface area contributed by atoms with Crippen LogP contribution in [0.15, 0.2) is 42.5 Å². The van der Waals surface area contributed by atoms with Crippen LogP contribution in [0.2, 0.25) is 0 Å². The smallest absolute Gasteiger partial charge is 0.337 e. The van der Waals surface area contributed by atoms with Gasteiger partial charge in [-0.2, -0.15) is 4.57 Å². The van der Waals surface area contributed by atoms with Gasteiger partial charge in [-0.1, -0.05) is 18.2 Å². The maximum atomic E-state index is 11.7. The van der Waals surface area contributed by atoms with Crippen molar-refractivity contribution in [1.82, 2.24) is 0 Å². The highest BCUT2D eigenvalue weighted by Crippen LogP contribution is 2.31. The lowest BCUT2D eigenvalue weighted by atomic mass is 10.0. The monoisotopic (exact) mass is 268 g/mol. The van der Waals surface area contributed by atoms with Crippen LogP contribution in [-0.2, 0) is 7.05 Å². The number of ether oxygens (including phenoxy) is 1. The average Bonchev–Trinajstić information content (AvgIpc) is 2.47. The van der Waals surface area contributed by atoms with Gasteiger partial charge in [0.25, 0.3) is 0 Å². The number of aromatic nitrogens is 1. The largest absolute Gasteiger partial charge is 0.496 e. The molecule has 3 rings (SSSR count). The molecule has 0 aliphatic carbocycles. The van der Waals surface area contributed by atoms with E-state index in [-0.39, 0.29) is 5.56 Å². The molecule has 0 aliphatic heterocycles. The second-order valence-corrected chi connectivity index (χ2v) is 4.61. The SMILES string of the molecule is COc1cccc2c1c(C(=O)O)c1ccccc1[n+]2C. The molecule has 4 heteroatoms. The average molecular weight is 268 g/mol. The topological polar surface area (TPSA) is 50.4 Å². The van der Waals surface area contributed by atoms with Gasteiger partial charge in [-0.15, -0.1) is 0 Å². The standard InChI is InChI=1S/C16H13NO3/c1-17-11-7-4-3-6-10(11)14(16(18)19)15-12(17)8-5-9-13(15)20-2/h3-9H,1-2H3/p+1. The summed E-state index contributed by atoms with van der Waals surface area (Å²) in [5, 5.41) is 11.0. The molecule has 0 aliphatic rings. The van der Waals surface area contributed by atoms with E-state index >= 15 is 0 Å². The number of carbonyl (C=O) groups is 1. The molecule has 20 heavy (non-hydrogen) atoms. The van der Waals surface area contributed by atoms with Gasteiger partial charge in [0.1, 0.15) is 18.2 Å². The first-order valence-corrected chi connectivity index (χ1v) is 6.26. The number of methoxy groups -OCH3 is 1. The Kier molecular flexibility index (Phi) is 2.79. The van der Waals surface area contributed by atoms with E-state index in [1.54, 1.807) is 13.2 Å². The molecule has 0 atom stereocenters. The summed E-state index contributed by atoms with van der Waals surface area (Å²) >= 11 is 0. The van der Waals surface area contributed by atoms with Crippen molar-refractivity contribution in [3.63, 3.8) is 0 Å². The maximum Gasteiger partial charge on any atom is 0.337 e. The molecule has 0 spiro atoms. The van der Waals surface area contributed by atoms with Gasteiger partial charge in [0.05, 0.1) is 18.1 Å². The minimum Gasteiger partial charge on any atom is -0.496 e. The molecule has 0 radical (unpaired) electrons. The normalized spacial score (nSPS) is 10.9. The Labute approximate surface area is 115 Å². The number of aryl methyl sites for hydroxylation is 1. The molecule has 100 valence electrons. The number of hydrogen-bond acceptors (Lipinski definition) is 2. The number of nitrogens with zero attached hydrogens (tertiary/aromatic N) is 1. The van der Waals surface area contributed by atoms with Crippen molar-refractivity contribution in [2.75, 3.05) is 7.11 Å². The Morgan fingerprint density at radius 3 is 2.50 bits per heavy atom. The zero-order chi connectivity index (χ0) is 14.3. The van der Waals surface area contributed by atoms with Crippen molar-refractivity contribution >= 4 is 27.8 Å². The zero-order valence-corrected chi connectivity index (χ0v) is 11.3. The van der Waals surface area contributed by atoms with E-state index in [1.807, 2.05) is 48.0 Å². The van der Waals surface area contributed by atoms with Gasteiger partial charge in [0.2, 0.25) is 11.0 Å². The van der Waals surface area contributed by atoms with Crippen molar-refractivity contribution in [2.45, 2.75) is 0 Å². The first kappa shape index (κ1) is 12.4. The molecular formula is C16H14NO3+. The molecule has 4 nitrogen and oxygen atoms in total. The third-order valence-electron chi connectivity index (χ3n) is 3.58. The van der Waals surface area contributed by atoms with Crippen LogP contribution in [0.5, 0.6) is 5.75 Å². The number of fused-ring (bicyclic) bond motifs is 2. The van der Waals surface area contributed by atoms with Crippen molar-refractivity contribution < 1.29 is 19.2 Å². The van der Waals surface area contributed by atoms with E-state index in [0.29, 0.717) is 16.5 Å². The third kappa shape index (κ3) is 1.61. The first-order chi connectivity index (χ1) is 9.65. The minimum absolute atomic E-state index is 0.283. The summed E-state index contributed by atoms with van der Waals surface area (Å²) in [6, 6.07) is 13.0. The van der Waals surface area contributed by atoms with E-state index in [2.05, 4.69) is 0 Å². The fourth-order valence-corrected chi connectivity index (χ4v) is 2.68. The summed E-state index contributed by atoms with van der Waals surface area (Å²) < 4.78 is 7.33. The number of pyridine rings is 1. The molecule has 1 heterocycles. The summed E-state index contributed by atoms with van der Waals surface area (Å²) in [5.74, 6) is -0.377. The molecule has 0 saturated carbocycles. The molecule has 1 aromatic heterocycles.